The predicted octanol–water partition coefficient (Wildman–Crippen LogP) is 2.01. The molecule has 0 aromatic heterocycles. The van der Waals surface area contributed by atoms with Crippen molar-refractivity contribution >= 4 is 29.3 Å². The van der Waals surface area contributed by atoms with Crippen LogP contribution >= 0.6 is 11.6 Å². The first-order chi connectivity index (χ1) is 14.5. The van der Waals surface area contributed by atoms with Crippen molar-refractivity contribution in [3.8, 4) is 0 Å². The number of rotatable bonds is 7. The number of benzene rings is 1. The maximum Gasteiger partial charge on any atom is 0.251 e. The number of nitrogens with zero attached hydrogens (tertiary/aromatic N) is 3. The lowest BCUT2D eigenvalue weighted by molar-refractivity contribution is -0.131. The summed E-state index contributed by atoms with van der Waals surface area (Å²) in [4.78, 5) is 43.0. The van der Waals surface area contributed by atoms with Crippen LogP contribution in [0.3, 0.4) is 0 Å². The van der Waals surface area contributed by atoms with E-state index in [1.807, 2.05) is 9.80 Å². The number of carbonyl (C=O) groups is 3. The molecule has 0 radical (unpaired) electrons. The van der Waals surface area contributed by atoms with Crippen LogP contribution in [-0.4, -0.2) is 84.8 Å². The van der Waals surface area contributed by atoms with E-state index in [0.717, 1.165) is 52.0 Å². The van der Waals surface area contributed by atoms with Gasteiger partial charge in [-0.3, -0.25) is 19.3 Å². The first-order valence-electron chi connectivity index (χ1n) is 10.8. The Hall–Kier alpha value is -2.12. The maximum atomic E-state index is 12.5. The molecule has 2 aliphatic heterocycles. The SMILES string of the molecule is O=C(NCCCC(=O)N1CCCN(CC(=O)N2CCCC2)CC1)c1ccc(Cl)cc1. The van der Waals surface area contributed by atoms with E-state index in [9.17, 15) is 14.4 Å². The van der Waals surface area contributed by atoms with E-state index >= 15 is 0 Å². The Bertz CT molecular complexity index is 734. The Morgan fingerprint density at radius 2 is 1.50 bits per heavy atom. The fourth-order valence-corrected chi connectivity index (χ4v) is 4.07. The van der Waals surface area contributed by atoms with Gasteiger partial charge in [-0.1, -0.05) is 11.6 Å². The average Bonchev–Trinajstić information content (AvgIpc) is 3.19. The van der Waals surface area contributed by atoms with Gasteiger partial charge in [0, 0.05) is 62.8 Å². The highest BCUT2D eigenvalue weighted by Gasteiger charge is 2.23. The van der Waals surface area contributed by atoms with E-state index in [1.165, 1.54) is 0 Å². The minimum atomic E-state index is -0.160. The summed E-state index contributed by atoms with van der Waals surface area (Å²) in [5.41, 5.74) is 0.557. The summed E-state index contributed by atoms with van der Waals surface area (Å²) in [5.74, 6) is 0.166. The van der Waals surface area contributed by atoms with E-state index in [2.05, 4.69) is 10.2 Å². The van der Waals surface area contributed by atoms with Crippen molar-refractivity contribution < 1.29 is 14.4 Å². The minimum absolute atomic E-state index is 0.114. The Kier molecular flexibility index (Phi) is 8.51. The van der Waals surface area contributed by atoms with Gasteiger partial charge >= 0.3 is 0 Å². The zero-order valence-electron chi connectivity index (χ0n) is 17.4. The monoisotopic (exact) mass is 434 g/mol. The third-order valence-corrected chi connectivity index (χ3v) is 5.97. The normalized spacial score (nSPS) is 17.6. The zero-order valence-corrected chi connectivity index (χ0v) is 18.2. The standard InChI is InChI=1S/C22H31ClN4O3/c23-19-8-6-18(7-9-19)22(30)24-10-3-5-20(28)27-14-4-11-25(15-16-27)17-21(29)26-12-1-2-13-26/h6-9H,1-5,10-17H2,(H,24,30). The van der Waals surface area contributed by atoms with Crippen LogP contribution in [0, 0.1) is 0 Å². The van der Waals surface area contributed by atoms with Crippen molar-refractivity contribution in [1.82, 2.24) is 20.0 Å². The Balaban J connectivity index is 1.34. The lowest BCUT2D eigenvalue weighted by Gasteiger charge is -2.24. The smallest absolute Gasteiger partial charge is 0.251 e. The largest absolute Gasteiger partial charge is 0.352 e. The second-order valence-electron chi connectivity index (χ2n) is 7.96. The van der Waals surface area contributed by atoms with Crippen molar-refractivity contribution in [1.29, 1.82) is 0 Å². The molecule has 2 aliphatic rings. The Morgan fingerprint density at radius 1 is 0.833 bits per heavy atom. The number of likely N-dealkylation sites (tertiary alicyclic amines) is 1. The highest BCUT2D eigenvalue weighted by atomic mass is 35.5. The molecule has 30 heavy (non-hydrogen) atoms. The van der Waals surface area contributed by atoms with Gasteiger partial charge < -0.3 is 15.1 Å². The highest BCUT2D eigenvalue weighted by molar-refractivity contribution is 6.30. The number of hydrogen-bond acceptors (Lipinski definition) is 4. The molecule has 164 valence electrons. The van der Waals surface area contributed by atoms with Gasteiger partial charge in [0.15, 0.2) is 0 Å². The van der Waals surface area contributed by atoms with Gasteiger partial charge in [0.1, 0.15) is 0 Å². The average molecular weight is 435 g/mol. The third kappa shape index (κ3) is 6.71. The molecule has 1 N–H and O–H groups in total. The molecule has 0 bridgehead atoms. The van der Waals surface area contributed by atoms with Crippen LogP contribution in [0.1, 0.15) is 42.5 Å². The maximum absolute atomic E-state index is 12.5. The van der Waals surface area contributed by atoms with Crippen LogP contribution in [0.15, 0.2) is 24.3 Å². The van der Waals surface area contributed by atoms with Crippen molar-refractivity contribution in [2.45, 2.75) is 32.1 Å². The second-order valence-corrected chi connectivity index (χ2v) is 8.40. The first kappa shape index (κ1) is 22.6. The van der Waals surface area contributed by atoms with Crippen molar-refractivity contribution in [2.75, 3.05) is 52.4 Å². The molecule has 0 aliphatic carbocycles. The molecule has 2 heterocycles. The van der Waals surface area contributed by atoms with Crippen molar-refractivity contribution in [3.05, 3.63) is 34.9 Å². The van der Waals surface area contributed by atoms with Crippen LogP contribution in [0.2, 0.25) is 5.02 Å². The summed E-state index contributed by atoms with van der Waals surface area (Å²) in [5, 5.41) is 3.43. The molecule has 3 rings (SSSR count). The van der Waals surface area contributed by atoms with Gasteiger partial charge in [-0.05, 0) is 49.9 Å². The highest BCUT2D eigenvalue weighted by Crippen LogP contribution is 2.11. The molecule has 8 heteroatoms. The van der Waals surface area contributed by atoms with Gasteiger partial charge in [-0.2, -0.15) is 0 Å². The van der Waals surface area contributed by atoms with Gasteiger partial charge in [0.25, 0.3) is 5.91 Å². The molecular formula is C22H31ClN4O3. The molecule has 0 saturated carbocycles. The number of amides is 3. The summed E-state index contributed by atoms with van der Waals surface area (Å²) >= 11 is 5.83. The summed E-state index contributed by atoms with van der Waals surface area (Å²) in [6.45, 7) is 5.64. The van der Waals surface area contributed by atoms with Crippen molar-refractivity contribution in [2.24, 2.45) is 0 Å². The topological polar surface area (TPSA) is 73.0 Å². The first-order valence-corrected chi connectivity index (χ1v) is 11.2. The van der Waals surface area contributed by atoms with Gasteiger partial charge in [-0.15, -0.1) is 0 Å². The Morgan fingerprint density at radius 3 is 2.23 bits per heavy atom. The third-order valence-electron chi connectivity index (χ3n) is 5.72. The van der Waals surface area contributed by atoms with E-state index < -0.39 is 0 Å². The van der Waals surface area contributed by atoms with E-state index in [-0.39, 0.29) is 17.7 Å². The summed E-state index contributed by atoms with van der Waals surface area (Å²) in [6.07, 6.45) is 4.11. The molecule has 2 fully saturated rings. The van der Waals surface area contributed by atoms with Crippen LogP contribution in [-0.2, 0) is 9.59 Å². The van der Waals surface area contributed by atoms with E-state index in [1.54, 1.807) is 24.3 Å². The molecule has 2 saturated heterocycles. The number of hydrogen-bond donors (Lipinski definition) is 1. The fourth-order valence-electron chi connectivity index (χ4n) is 3.94. The molecule has 0 unspecified atom stereocenters. The molecule has 0 spiro atoms. The quantitative estimate of drug-likeness (QED) is 0.666. The van der Waals surface area contributed by atoms with Gasteiger partial charge in [0.05, 0.1) is 6.54 Å². The summed E-state index contributed by atoms with van der Waals surface area (Å²) < 4.78 is 0. The number of carbonyl (C=O) groups excluding carboxylic acids is 3. The fraction of sp³-hybridized carbons (Fsp3) is 0.591. The van der Waals surface area contributed by atoms with Crippen LogP contribution < -0.4 is 5.32 Å². The lowest BCUT2D eigenvalue weighted by atomic mass is 10.2. The number of halogens is 1. The predicted molar refractivity (Wildman–Crippen MR) is 116 cm³/mol. The number of nitrogens with one attached hydrogen (secondary N) is 1. The van der Waals surface area contributed by atoms with Gasteiger partial charge in [0.2, 0.25) is 11.8 Å². The summed E-state index contributed by atoms with van der Waals surface area (Å²) in [6, 6.07) is 6.73. The Labute approximate surface area is 183 Å². The molecule has 1 aromatic rings. The van der Waals surface area contributed by atoms with Crippen LogP contribution in [0.25, 0.3) is 0 Å². The second kappa shape index (κ2) is 11.3. The van der Waals surface area contributed by atoms with E-state index in [0.29, 0.717) is 43.1 Å². The molecule has 7 nitrogen and oxygen atoms in total. The van der Waals surface area contributed by atoms with Gasteiger partial charge in [-0.25, -0.2) is 0 Å². The van der Waals surface area contributed by atoms with Crippen LogP contribution in [0.4, 0.5) is 0 Å². The minimum Gasteiger partial charge on any atom is -0.352 e. The molecule has 3 amide bonds. The lowest BCUT2D eigenvalue weighted by Crippen LogP contribution is -2.41. The molecule has 1 aromatic carbocycles. The molecule has 0 atom stereocenters. The van der Waals surface area contributed by atoms with Crippen LogP contribution in [0.5, 0.6) is 0 Å². The molecular weight excluding hydrogens is 404 g/mol. The zero-order chi connectivity index (χ0) is 21.3. The van der Waals surface area contributed by atoms with E-state index in [4.69, 9.17) is 11.6 Å². The van der Waals surface area contributed by atoms with Crippen molar-refractivity contribution in [3.63, 3.8) is 0 Å². The summed E-state index contributed by atoms with van der Waals surface area (Å²) in [7, 11) is 0.